The summed E-state index contributed by atoms with van der Waals surface area (Å²) in [6.45, 7) is 2.43. The van der Waals surface area contributed by atoms with Crippen LogP contribution in [0, 0.1) is 6.92 Å². The van der Waals surface area contributed by atoms with Gasteiger partial charge in [-0.2, -0.15) is 4.39 Å². The topological polar surface area (TPSA) is 76.8 Å². The predicted molar refractivity (Wildman–Crippen MR) is 114 cm³/mol. The lowest BCUT2D eigenvalue weighted by atomic mass is 9.79. The van der Waals surface area contributed by atoms with Crippen LogP contribution in [0.3, 0.4) is 0 Å². The standard InChI is InChI=1S/C23H22F3N3O3/c1-13-27-12-16-18(28-13)5-4-6-19(16)29-21(24)22(2,30)23(25,26)17-9-10-32-20-8-7-14(31-3)11-15(17)20/h4-8,11-12,17,30H,9-10H2,1-3H3. The molecule has 6 nitrogen and oxygen atoms in total. The van der Waals surface area contributed by atoms with E-state index in [0.29, 0.717) is 22.5 Å². The maximum absolute atomic E-state index is 15.6. The van der Waals surface area contributed by atoms with Gasteiger partial charge in [-0.1, -0.05) is 6.07 Å². The van der Waals surface area contributed by atoms with Crippen LogP contribution in [0.2, 0.25) is 0 Å². The van der Waals surface area contributed by atoms with Crippen LogP contribution in [0.4, 0.5) is 18.9 Å². The average Bonchev–Trinajstić information content (AvgIpc) is 2.77. The molecule has 2 heterocycles. The summed E-state index contributed by atoms with van der Waals surface area (Å²) in [5, 5.41) is 11.1. The van der Waals surface area contributed by atoms with Gasteiger partial charge in [-0.3, -0.25) is 0 Å². The highest BCUT2D eigenvalue weighted by molar-refractivity contribution is 5.95. The summed E-state index contributed by atoms with van der Waals surface area (Å²) in [4.78, 5) is 12.0. The number of hydrogen-bond acceptors (Lipinski definition) is 6. The first-order valence-corrected chi connectivity index (χ1v) is 10.0. The summed E-state index contributed by atoms with van der Waals surface area (Å²) in [5.41, 5.74) is -2.50. The van der Waals surface area contributed by atoms with E-state index in [-0.39, 0.29) is 30.0 Å². The highest BCUT2D eigenvalue weighted by Crippen LogP contribution is 2.49. The van der Waals surface area contributed by atoms with Crippen LogP contribution in [0.1, 0.15) is 30.7 Å². The van der Waals surface area contributed by atoms with E-state index in [2.05, 4.69) is 15.0 Å². The van der Waals surface area contributed by atoms with Crippen molar-refractivity contribution in [3.05, 3.63) is 54.0 Å². The molecule has 0 saturated heterocycles. The minimum Gasteiger partial charge on any atom is -0.497 e. The van der Waals surface area contributed by atoms with Gasteiger partial charge < -0.3 is 14.6 Å². The van der Waals surface area contributed by atoms with Gasteiger partial charge in [0.1, 0.15) is 17.3 Å². The lowest BCUT2D eigenvalue weighted by Crippen LogP contribution is -2.54. The van der Waals surface area contributed by atoms with Gasteiger partial charge in [0.25, 0.3) is 5.92 Å². The van der Waals surface area contributed by atoms with Crippen molar-refractivity contribution in [2.45, 2.75) is 37.7 Å². The summed E-state index contributed by atoms with van der Waals surface area (Å²) in [5.74, 6) is -5.90. The average molecular weight is 445 g/mol. The number of aliphatic hydroxyl groups is 1. The van der Waals surface area contributed by atoms with Crippen LogP contribution in [-0.2, 0) is 0 Å². The molecule has 2 unspecified atom stereocenters. The Morgan fingerprint density at radius 1 is 1.28 bits per heavy atom. The lowest BCUT2D eigenvalue weighted by molar-refractivity contribution is -0.158. The first-order chi connectivity index (χ1) is 15.1. The number of nitrogens with zero attached hydrogens (tertiary/aromatic N) is 3. The van der Waals surface area contributed by atoms with Gasteiger partial charge in [0.2, 0.25) is 5.97 Å². The van der Waals surface area contributed by atoms with Crippen molar-refractivity contribution in [2.24, 2.45) is 4.99 Å². The van der Waals surface area contributed by atoms with Gasteiger partial charge in [0, 0.05) is 17.1 Å². The van der Waals surface area contributed by atoms with Gasteiger partial charge in [0.15, 0.2) is 5.60 Å². The fourth-order valence-electron chi connectivity index (χ4n) is 3.80. The highest BCUT2D eigenvalue weighted by Gasteiger charge is 2.59. The summed E-state index contributed by atoms with van der Waals surface area (Å²) in [7, 11) is 1.41. The van der Waals surface area contributed by atoms with E-state index >= 15 is 13.2 Å². The van der Waals surface area contributed by atoms with E-state index in [1.54, 1.807) is 25.1 Å². The molecule has 0 fully saturated rings. The molecule has 9 heteroatoms. The molecule has 0 spiro atoms. The Hall–Kier alpha value is -3.20. The smallest absolute Gasteiger partial charge is 0.290 e. The number of fused-ring (bicyclic) bond motifs is 2. The highest BCUT2D eigenvalue weighted by atomic mass is 19.3. The Labute approximate surface area is 182 Å². The van der Waals surface area contributed by atoms with Crippen LogP contribution in [0.25, 0.3) is 10.9 Å². The molecule has 1 aliphatic heterocycles. The third kappa shape index (κ3) is 3.66. The molecule has 32 heavy (non-hydrogen) atoms. The monoisotopic (exact) mass is 445 g/mol. The zero-order valence-corrected chi connectivity index (χ0v) is 17.8. The second-order valence-electron chi connectivity index (χ2n) is 7.82. The number of alkyl halides is 2. The van der Waals surface area contributed by atoms with Crippen molar-refractivity contribution in [3.8, 4) is 11.5 Å². The molecule has 3 aromatic rings. The van der Waals surface area contributed by atoms with Gasteiger partial charge in [-0.15, -0.1) is 0 Å². The number of benzene rings is 2. The van der Waals surface area contributed by atoms with Crippen molar-refractivity contribution < 1.29 is 27.8 Å². The number of hydrogen-bond donors (Lipinski definition) is 1. The number of ether oxygens (including phenoxy) is 2. The summed E-state index contributed by atoms with van der Waals surface area (Å²) >= 11 is 0. The van der Waals surface area contributed by atoms with Crippen LogP contribution < -0.4 is 9.47 Å². The molecule has 1 N–H and O–H groups in total. The van der Waals surface area contributed by atoms with Crippen molar-refractivity contribution in [3.63, 3.8) is 0 Å². The lowest BCUT2D eigenvalue weighted by Gasteiger charge is -2.39. The molecule has 0 bridgehead atoms. The SMILES string of the molecule is COc1ccc2c(c1)C(C(F)(F)C(C)(O)C(F)=Nc1cccc3nc(C)ncc13)CCO2. The van der Waals surface area contributed by atoms with Crippen LogP contribution in [-0.4, -0.2) is 46.3 Å². The first kappa shape index (κ1) is 22.0. The summed E-state index contributed by atoms with van der Waals surface area (Å²) in [6.07, 6.45) is 1.33. The van der Waals surface area contributed by atoms with Gasteiger partial charge >= 0.3 is 0 Å². The van der Waals surface area contributed by atoms with Gasteiger partial charge in [-0.25, -0.2) is 23.7 Å². The number of aromatic nitrogens is 2. The fraction of sp³-hybridized carbons (Fsp3) is 0.348. The maximum atomic E-state index is 15.6. The Morgan fingerprint density at radius 3 is 2.81 bits per heavy atom. The minimum absolute atomic E-state index is 0.00837. The number of halogens is 3. The molecule has 1 aliphatic rings. The molecular weight excluding hydrogens is 423 g/mol. The van der Waals surface area contributed by atoms with E-state index in [1.165, 1.54) is 31.5 Å². The molecule has 1 aromatic heterocycles. The second-order valence-corrected chi connectivity index (χ2v) is 7.82. The molecule has 2 atom stereocenters. The molecule has 0 aliphatic carbocycles. The largest absolute Gasteiger partial charge is 0.497 e. The second kappa shape index (κ2) is 8.05. The fourth-order valence-corrected chi connectivity index (χ4v) is 3.80. The van der Waals surface area contributed by atoms with E-state index in [9.17, 15) is 5.11 Å². The molecule has 0 amide bonds. The van der Waals surface area contributed by atoms with Crippen molar-refractivity contribution in [1.82, 2.24) is 9.97 Å². The van der Waals surface area contributed by atoms with Gasteiger partial charge in [-0.05, 0) is 50.6 Å². The molecule has 2 aromatic carbocycles. The molecular formula is C23H22F3N3O3. The molecule has 0 saturated carbocycles. The van der Waals surface area contributed by atoms with Crippen LogP contribution in [0.5, 0.6) is 11.5 Å². The number of aliphatic imine (C=N–C) groups is 1. The maximum Gasteiger partial charge on any atom is 0.290 e. The van der Waals surface area contributed by atoms with E-state index in [4.69, 9.17) is 9.47 Å². The third-order valence-electron chi connectivity index (χ3n) is 5.69. The quantitative estimate of drug-likeness (QED) is 0.566. The minimum atomic E-state index is -3.90. The molecule has 0 radical (unpaired) electrons. The zero-order valence-electron chi connectivity index (χ0n) is 17.8. The van der Waals surface area contributed by atoms with E-state index < -0.39 is 23.4 Å². The van der Waals surface area contributed by atoms with Crippen LogP contribution in [0.15, 0.2) is 47.6 Å². The number of rotatable bonds is 5. The van der Waals surface area contributed by atoms with Gasteiger partial charge in [0.05, 0.1) is 30.8 Å². The summed E-state index contributed by atoms with van der Waals surface area (Å²) in [6, 6.07) is 9.23. The Kier molecular flexibility index (Phi) is 5.54. The Morgan fingerprint density at radius 2 is 2.06 bits per heavy atom. The number of methoxy groups -OCH3 is 1. The van der Waals surface area contributed by atoms with E-state index in [1.807, 2.05) is 0 Å². The number of aryl methyl sites for hydroxylation is 1. The Balaban J connectivity index is 1.75. The predicted octanol–water partition coefficient (Wildman–Crippen LogP) is 4.90. The van der Waals surface area contributed by atoms with Crippen molar-refractivity contribution >= 4 is 22.6 Å². The zero-order chi connectivity index (χ0) is 23.1. The molecule has 4 rings (SSSR count). The molecule has 168 valence electrons. The Bertz CT molecular complexity index is 1200. The van der Waals surface area contributed by atoms with Crippen LogP contribution >= 0.6 is 0 Å². The van der Waals surface area contributed by atoms with Crippen molar-refractivity contribution in [1.29, 1.82) is 0 Å². The normalized spacial score (nSPS) is 18.6. The van der Waals surface area contributed by atoms with Crippen molar-refractivity contribution in [2.75, 3.05) is 13.7 Å². The summed E-state index contributed by atoms with van der Waals surface area (Å²) < 4.78 is 57.0. The van der Waals surface area contributed by atoms with E-state index in [0.717, 1.165) is 6.92 Å². The third-order valence-corrected chi connectivity index (χ3v) is 5.69. The first-order valence-electron chi connectivity index (χ1n) is 10.0.